The monoisotopic (exact) mass is 410 g/mol. The smallest absolute Gasteiger partial charge is 0.204 e. The molecule has 0 saturated carbocycles. The Morgan fingerprint density at radius 3 is 2.37 bits per heavy atom. The molecule has 1 aromatic heterocycles. The predicted octanol–water partition coefficient (Wildman–Crippen LogP) is 5.31. The lowest BCUT2D eigenvalue weighted by molar-refractivity contribution is 0.370. The molecule has 0 aliphatic rings. The average Bonchev–Trinajstić information content (AvgIpc) is 2.64. The molecule has 6 nitrogen and oxygen atoms in total. The van der Waals surface area contributed by atoms with Crippen LogP contribution in [0.1, 0.15) is 39.2 Å². The van der Waals surface area contributed by atoms with Gasteiger partial charge in [-0.25, -0.2) is 0 Å². The van der Waals surface area contributed by atoms with Crippen LogP contribution in [-0.2, 0) is 6.42 Å². The van der Waals surface area contributed by atoms with Crippen LogP contribution < -0.4 is 10.2 Å². The Kier molecular flexibility index (Phi) is 6.06. The lowest BCUT2D eigenvalue weighted by atomic mass is 9.99. The number of benzene rings is 2. The summed E-state index contributed by atoms with van der Waals surface area (Å²) in [6.45, 7) is 6.13. The second-order valence-electron chi connectivity index (χ2n) is 7.62. The maximum absolute atomic E-state index is 13.2. The minimum Gasteiger partial charge on any atom is -0.508 e. The van der Waals surface area contributed by atoms with E-state index in [1.165, 1.54) is 24.8 Å². The molecule has 0 aliphatic heterocycles. The van der Waals surface area contributed by atoms with Crippen LogP contribution >= 0.6 is 0 Å². The van der Waals surface area contributed by atoms with Gasteiger partial charge in [-0.3, -0.25) is 4.79 Å². The summed E-state index contributed by atoms with van der Waals surface area (Å²) in [5.74, 6) is -0.550. The summed E-state index contributed by atoms with van der Waals surface area (Å²) in [7, 11) is 1.42. The fourth-order valence-electron chi connectivity index (χ4n) is 3.54. The van der Waals surface area contributed by atoms with E-state index >= 15 is 0 Å². The number of phenols is 3. The molecule has 0 atom stereocenters. The molecule has 1 heterocycles. The standard InChI is InChI=1S/C24H26O6/c1-13(2)6-5-7-14(3)8-9-16-21-20(12-18(27)24(16)29-4)30-19-11-15(25)10-17(26)22(19)23(21)28/h6,8,10-12,25-27H,5,7,9H2,1-4H3/b14-8-. The van der Waals surface area contributed by atoms with Gasteiger partial charge in [-0.05, 0) is 40.0 Å². The average molecular weight is 410 g/mol. The fraction of sp³-hybridized carbons (Fsp3) is 0.292. The number of rotatable bonds is 6. The SMILES string of the molecule is COc1c(O)cc2oc3cc(O)cc(O)c3c(=O)c2c1C/C=C(/C)CCC=C(C)C. The maximum Gasteiger partial charge on any atom is 0.204 e. The molecule has 6 heteroatoms. The molecule has 0 saturated heterocycles. The third-order valence-electron chi connectivity index (χ3n) is 5.01. The molecule has 0 radical (unpaired) electrons. The van der Waals surface area contributed by atoms with Gasteiger partial charge < -0.3 is 24.5 Å². The number of allylic oxidation sites excluding steroid dienone is 4. The van der Waals surface area contributed by atoms with Gasteiger partial charge in [-0.2, -0.15) is 0 Å². The van der Waals surface area contributed by atoms with Gasteiger partial charge in [0, 0.05) is 23.8 Å². The van der Waals surface area contributed by atoms with E-state index in [1.54, 1.807) is 0 Å². The highest BCUT2D eigenvalue weighted by Crippen LogP contribution is 2.39. The van der Waals surface area contributed by atoms with Crippen molar-refractivity contribution in [2.24, 2.45) is 0 Å². The van der Waals surface area contributed by atoms with Crippen molar-refractivity contribution in [2.75, 3.05) is 7.11 Å². The summed E-state index contributed by atoms with van der Waals surface area (Å²) < 4.78 is 11.1. The first-order valence-corrected chi connectivity index (χ1v) is 9.73. The van der Waals surface area contributed by atoms with Gasteiger partial charge in [0.2, 0.25) is 5.43 Å². The maximum atomic E-state index is 13.2. The Morgan fingerprint density at radius 2 is 1.70 bits per heavy atom. The number of fused-ring (bicyclic) bond motifs is 2. The molecule has 30 heavy (non-hydrogen) atoms. The summed E-state index contributed by atoms with van der Waals surface area (Å²) >= 11 is 0. The van der Waals surface area contributed by atoms with Crippen molar-refractivity contribution in [1.82, 2.24) is 0 Å². The lowest BCUT2D eigenvalue weighted by Crippen LogP contribution is -2.07. The quantitative estimate of drug-likeness (QED) is 0.376. The van der Waals surface area contributed by atoms with E-state index in [9.17, 15) is 20.1 Å². The molecule has 3 N–H and O–H groups in total. The molecule has 158 valence electrons. The Bertz CT molecular complexity index is 1230. The van der Waals surface area contributed by atoms with Crippen LogP contribution in [0.25, 0.3) is 21.9 Å². The van der Waals surface area contributed by atoms with Crippen molar-refractivity contribution in [1.29, 1.82) is 0 Å². The highest BCUT2D eigenvalue weighted by atomic mass is 16.5. The summed E-state index contributed by atoms with van der Waals surface area (Å²) in [5, 5.41) is 30.5. The van der Waals surface area contributed by atoms with Crippen LogP contribution in [0.3, 0.4) is 0 Å². The van der Waals surface area contributed by atoms with Crippen LogP contribution in [0.15, 0.2) is 50.7 Å². The number of hydrogen-bond acceptors (Lipinski definition) is 6. The highest BCUT2D eigenvalue weighted by molar-refractivity contribution is 5.96. The molecule has 3 rings (SSSR count). The molecule has 3 aromatic rings. The van der Waals surface area contributed by atoms with Crippen LogP contribution in [0.4, 0.5) is 0 Å². The van der Waals surface area contributed by atoms with E-state index in [0.29, 0.717) is 12.0 Å². The molecule has 2 aromatic carbocycles. The minimum absolute atomic E-state index is 0.0291. The van der Waals surface area contributed by atoms with Crippen molar-refractivity contribution in [2.45, 2.75) is 40.0 Å². The Balaban J connectivity index is 2.20. The zero-order valence-corrected chi connectivity index (χ0v) is 17.6. The van der Waals surface area contributed by atoms with E-state index < -0.39 is 5.43 Å². The minimum atomic E-state index is -0.451. The van der Waals surface area contributed by atoms with E-state index in [1.807, 2.05) is 13.0 Å². The summed E-state index contributed by atoms with van der Waals surface area (Å²) in [5.41, 5.74) is 2.63. The molecule has 0 fully saturated rings. The van der Waals surface area contributed by atoms with Gasteiger partial charge in [-0.15, -0.1) is 0 Å². The largest absolute Gasteiger partial charge is 0.508 e. The molecule has 0 aliphatic carbocycles. The number of methoxy groups -OCH3 is 1. The Morgan fingerprint density at radius 1 is 1.00 bits per heavy atom. The first-order chi connectivity index (χ1) is 14.2. The van der Waals surface area contributed by atoms with E-state index in [-0.39, 0.29) is 44.9 Å². The predicted molar refractivity (Wildman–Crippen MR) is 118 cm³/mol. The summed E-state index contributed by atoms with van der Waals surface area (Å²) in [4.78, 5) is 13.2. The van der Waals surface area contributed by atoms with Crippen molar-refractivity contribution in [3.63, 3.8) is 0 Å². The number of phenolic OH excluding ortho intramolecular Hbond substituents is 3. The Hall–Kier alpha value is -3.41. The molecule has 0 bridgehead atoms. The van der Waals surface area contributed by atoms with Gasteiger partial charge >= 0.3 is 0 Å². The van der Waals surface area contributed by atoms with Gasteiger partial charge in [-0.1, -0.05) is 23.3 Å². The van der Waals surface area contributed by atoms with Gasteiger partial charge in [0.15, 0.2) is 11.5 Å². The van der Waals surface area contributed by atoms with E-state index in [0.717, 1.165) is 24.5 Å². The van der Waals surface area contributed by atoms with E-state index in [4.69, 9.17) is 9.15 Å². The molecule has 0 amide bonds. The summed E-state index contributed by atoms with van der Waals surface area (Å²) in [6.07, 6.45) is 6.31. The molecule has 0 unspecified atom stereocenters. The van der Waals surface area contributed by atoms with Crippen molar-refractivity contribution in [3.05, 3.63) is 57.3 Å². The van der Waals surface area contributed by atoms with Crippen LogP contribution in [0, 0.1) is 0 Å². The first-order valence-electron chi connectivity index (χ1n) is 9.73. The molecular formula is C24H26O6. The highest BCUT2D eigenvalue weighted by Gasteiger charge is 2.21. The topological polar surface area (TPSA) is 100 Å². The normalized spacial score (nSPS) is 11.8. The van der Waals surface area contributed by atoms with Gasteiger partial charge in [0.05, 0.1) is 12.5 Å². The second-order valence-corrected chi connectivity index (χ2v) is 7.62. The van der Waals surface area contributed by atoms with Gasteiger partial charge in [0.25, 0.3) is 0 Å². The van der Waals surface area contributed by atoms with Crippen LogP contribution in [-0.4, -0.2) is 22.4 Å². The van der Waals surface area contributed by atoms with Crippen molar-refractivity contribution in [3.8, 4) is 23.0 Å². The van der Waals surface area contributed by atoms with Crippen LogP contribution in [0.5, 0.6) is 23.0 Å². The number of hydrogen-bond donors (Lipinski definition) is 3. The molecular weight excluding hydrogens is 384 g/mol. The van der Waals surface area contributed by atoms with Crippen LogP contribution in [0.2, 0.25) is 0 Å². The van der Waals surface area contributed by atoms with Gasteiger partial charge in [0.1, 0.15) is 28.1 Å². The fourth-order valence-corrected chi connectivity index (χ4v) is 3.54. The molecule has 0 spiro atoms. The lowest BCUT2D eigenvalue weighted by Gasteiger charge is -2.13. The zero-order chi connectivity index (χ0) is 22.0. The van der Waals surface area contributed by atoms with Crippen molar-refractivity contribution < 1.29 is 24.5 Å². The Labute approximate surface area is 174 Å². The second kappa shape index (κ2) is 8.53. The number of aromatic hydroxyl groups is 3. The van der Waals surface area contributed by atoms with E-state index in [2.05, 4.69) is 19.9 Å². The first kappa shape index (κ1) is 21.3. The zero-order valence-electron chi connectivity index (χ0n) is 17.6. The van der Waals surface area contributed by atoms with Crippen molar-refractivity contribution >= 4 is 21.9 Å². The summed E-state index contributed by atoms with van der Waals surface area (Å²) in [6, 6.07) is 3.66. The third kappa shape index (κ3) is 4.13. The number of ether oxygens (including phenoxy) is 1. The third-order valence-corrected chi connectivity index (χ3v) is 5.01.